The molecule has 108 valence electrons. The minimum Gasteiger partial charge on any atom is -0.396 e. The zero-order valence-electron chi connectivity index (χ0n) is 10.7. The van der Waals surface area contributed by atoms with E-state index in [9.17, 15) is 13.2 Å². The number of alkyl halides is 3. The van der Waals surface area contributed by atoms with Gasteiger partial charge in [0.25, 0.3) is 0 Å². The van der Waals surface area contributed by atoms with Crippen LogP contribution in [-0.4, -0.2) is 23.3 Å². The van der Waals surface area contributed by atoms with Crippen LogP contribution >= 0.6 is 11.8 Å². The minimum absolute atomic E-state index is 0.103. The van der Waals surface area contributed by atoms with Crippen molar-refractivity contribution in [2.75, 3.05) is 6.61 Å². The van der Waals surface area contributed by atoms with Crippen LogP contribution in [0.1, 0.15) is 25.3 Å². The molecule has 1 unspecified atom stereocenters. The van der Waals surface area contributed by atoms with E-state index in [1.54, 1.807) is 12.1 Å². The summed E-state index contributed by atoms with van der Waals surface area (Å²) in [5, 5.41) is 12.0. The van der Waals surface area contributed by atoms with E-state index in [2.05, 4.69) is 5.32 Å². The van der Waals surface area contributed by atoms with E-state index in [1.807, 2.05) is 6.92 Å². The van der Waals surface area contributed by atoms with Gasteiger partial charge in [-0.1, -0.05) is 12.1 Å². The summed E-state index contributed by atoms with van der Waals surface area (Å²) in [5.74, 6) is 0. The number of thioether (sulfide) groups is 1. The van der Waals surface area contributed by atoms with Gasteiger partial charge in [-0.25, -0.2) is 0 Å². The van der Waals surface area contributed by atoms with Crippen LogP contribution in [0.15, 0.2) is 29.2 Å². The number of rotatable bonds is 7. The van der Waals surface area contributed by atoms with Gasteiger partial charge in [0, 0.05) is 24.1 Å². The van der Waals surface area contributed by atoms with Crippen LogP contribution in [0.5, 0.6) is 0 Å². The molecule has 0 aliphatic heterocycles. The Labute approximate surface area is 115 Å². The monoisotopic (exact) mass is 293 g/mol. The summed E-state index contributed by atoms with van der Waals surface area (Å²) >= 11 is -0.103. The standard InChI is InChI=1S/C13H18F3NOS/c1-10(3-2-8-18)17-9-11-4-6-12(7-5-11)19-13(14,15)16/h4-7,10,17-18H,2-3,8-9H2,1H3. The molecule has 0 saturated heterocycles. The zero-order valence-corrected chi connectivity index (χ0v) is 11.5. The Morgan fingerprint density at radius 3 is 2.42 bits per heavy atom. The molecule has 0 spiro atoms. The third kappa shape index (κ3) is 7.44. The maximum Gasteiger partial charge on any atom is 0.446 e. The minimum atomic E-state index is -4.24. The quantitative estimate of drug-likeness (QED) is 0.754. The molecule has 1 aromatic carbocycles. The van der Waals surface area contributed by atoms with Crippen molar-refractivity contribution in [3.63, 3.8) is 0 Å². The lowest BCUT2D eigenvalue weighted by molar-refractivity contribution is -0.0328. The molecular weight excluding hydrogens is 275 g/mol. The van der Waals surface area contributed by atoms with Gasteiger partial charge in [-0.3, -0.25) is 0 Å². The van der Waals surface area contributed by atoms with E-state index in [4.69, 9.17) is 5.11 Å². The number of halogens is 3. The summed E-state index contributed by atoms with van der Waals surface area (Å²) in [4.78, 5) is 0.199. The second kappa shape index (κ2) is 7.77. The maximum atomic E-state index is 12.1. The van der Waals surface area contributed by atoms with Crippen molar-refractivity contribution in [3.05, 3.63) is 29.8 Å². The highest BCUT2D eigenvalue weighted by molar-refractivity contribution is 8.00. The van der Waals surface area contributed by atoms with E-state index in [0.717, 1.165) is 18.4 Å². The molecular formula is C13H18F3NOS. The predicted molar refractivity (Wildman–Crippen MR) is 71.0 cm³/mol. The fourth-order valence-electron chi connectivity index (χ4n) is 1.60. The Kier molecular flexibility index (Phi) is 6.68. The van der Waals surface area contributed by atoms with Crippen LogP contribution in [0.4, 0.5) is 13.2 Å². The smallest absolute Gasteiger partial charge is 0.396 e. The molecule has 0 radical (unpaired) electrons. The summed E-state index contributed by atoms with van der Waals surface area (Å²) in [6.07, 6.45) is 1.62. The van der Waals surface area contributed by atoms with Crippen LogP contribution in [0, 0.1) is 0 Å². The van der Waals surface area contributed by atoms with Gasteiger partial charge in [-0.15, -0.1) is 0 Å². The van der Waals surface area contributed by atoms with Crippen LogP contribution in [0.3, 0.4) is 0 Å². The molecule has 1 aromatic rings. The van der Waals surface area contributed by atoms with Crippen molar-refractivity contribution in [2.24, 2.45) is 0 Å². The highest BCUT2D eigenvalue weighted by Gasteiger charge is 2.28. The van der Waals surface area contributed by atoms with E-state index < -0.39 is 5.51 Å². The van der Waals surface area contributed by atoms with Crippen LogP contribution < -0.4 is 5.32 Å². The molecule has 2 nitrogen and oxygen atoms in total. The first-order chi connectivity index (χ1) is 8.90. The lowest BCUT2D eigenvalue weighted by Gasteiger charge is -2.13. The SMILES string of the molecule is CC(CCCO)NCc1ccc(SC(F)(F)F)cc1. The lowest BCUT2D eigenvalue weighted by Crippen LogP contribution is -2.25. The summed E-state index contributed by atoms with van der Waals surface area (Å²) in [6, 6.07) is 6.62. The Morgan fingerprint density at radius 2 is 1.89 bits per heavy atom. The molecule has 0 heterocycles. The third-order valence-corrected chi connectivity index (χ3v) is 3.35. The van der Waals surface area contributed by atoms with Gasteiger partial charge in [0.1, 0.15) is 0 Å². The molecule has 0 aliphatic carbocycles. The zero-order chi connectivity index (χ0) is 14.3. The van der Waals surface area contributed by atoms with Crippen molar-refractivity contribution < 1.29 is 18.3 Å². The van der Waals surface area contributed by atoms with Crippen LogP contribution in [0.2, 0.25) is 0 Å². The van der Waals surface area contributed by atoms with Crippen molar-refractivity contribution in [3.8, 4) is 0 Å². The second-order valence-electron chi connectivity index (χ2n) is 4.34. The fraction of sp³-hybridized carbons (Fsp3) is 0.538. The molecule has 0 bridgehead atoms. The first-order valence-corrected chi connectivity index (χ1v) is 6.91. The number of hydrogen-bond donors (Lipinski definition) is 2. The van der Waals surface area contributed by atoms with Gasteiger partial charge in [0.2, 0.25) is 0 Å². The number of benzene rings is 1. The maximum absolute atomic E-state index is 12.1. The molecule has 1 atom stereocenters. The fourth-order valence-corrected chi connectivity index (χ4v) is 2.14. The third-order valence-electron chi connectivity index (χ3n) is 2.61. The number of hydrogen-bond acceptors (Lipinski definition) is 3. The van der Waals surface area contributed by atoms with E-state index in [1.165, 1.54) is 12.1 Å². The highest BCUT2D eigenvalue weighted by Crippen LogP contribution is 2.36. The molecule has 0 aromatic heterocycles. The summed E-state index contributed by atoms with van der Waals surface area (Å²) in [5.41, 5.74) is -3.29. The first kappa shape index (κ1) is 16.3. The predicted octanol–water partition coefficient (Wildman–Crippen LogP) is 3.55. The summed E-state index contributed by atoms with van der Waals surface area (Å²) < 4.78 is 36.4. The molecule has 1 rings (SSSR count). The highest BCUT2D eigenvalue weighted by atomic mass is 32.2. The van der Waals surface area contributed by atoms with Crippen molar-refractivity contribution in [1.82, 2.24) is 5.32 Å². The van der Waals surface area contributed by atoms with E-state index in [-0.39, 0.29) is 29.3 Å². The topological polar surface area (TPSA) is 32.3 Å². The van der Waals surface area contributed by atoms with Gasteiger partial charge < -0.3 is 10.4 Å². The van der Waals surface area contributed by atoms with Crippen molar-refractivity contribution in [2.45, 2.75) is 42.8 Å². The largest absolute Gasteiger partial charge is 0.446 e. The lowest BCUT2D eigenvalue weighted by atomic mass is 10.1. The molecule has 0 amide bonds. The van der Waals surface area contributed by atoms with E-state index in [0.29, 0.717) is 6.54 Å². The second-order valence-corrected chi connectivity index (χ2v) is 5.48. The number of aliphatic hydroxyl groups is 1. The number of nitrogens with one attached hydrogen (secondary N) is 1. The average Bonchev–Trinajstić information content (AvgIpc) is 2.33. The van der Waals surface area contributed by atoms with Gasteiger partial charge in [-0.2, -0.15) is 13.2 Å². The molecule has 6 heteroatoms. The normalized spacial score (nSPS) is 13.5. The Hall–Kier alpha value is -0.720. The molecule has 0 saturated carbocycles. The van der Waals surface area contributed by atoms with Crippen molar-refractivity contribution in [1.29, 1.82) is 0 Å². The summed E-state index contributed by atoms with van der Waals surface area (Å²) in [7, 11) is 0. The van der Waals surface area contributed by atoms with Gasteiger partial charge in [0.15, 0.2) is 0 Å². The first-order valence-electron chi connectivity index (χ1n) is 6.09. The van der Waals surface area contributed by atoms with Crippen LogP contribution in [-0.2, 0) is 6.54 Å². The Balaban J connectivity index is 2.40. The molecule has 2 N–H and O–H groups in total. The molecule has 0 aliphatic rings. The van der Waals surface area contributed by atoms with E-state index >= 15 is 0 Å². The Bertz CT molecular complexity index is 367. The summed E-state index contributed by atoms with van der Waals surface area (Å²) in [6.45, 7) is 2.81. The van der Waals surface area contributed by atoms with Gasteiger partial charge in [0.05, 0.1) is 0 Å². The van der Waals surface area contributed by atoms with Crippen molar-refractivity contribution >= 4 is 11.8 Å². The van der Waals surface area contributed by atoms with Gasteiger partial charge in [-0.05, 0) is 49.2 Å². The van der Waals surface area contributed by atoms with Crippen LogP contribution in [0.25, 0.3) is 0 Å². The number of aliphatic hydroxyl groups excluding tert-OH is 1. The molecule has 0 fully saturated rings. The molecule has 19 heavy (non-hydrogen) atoms. The Morgan fingerprint density at radius 1 is 1.26 bits per heavy atom. The average molecular weight is 293 g/mol. The van der Waals surface area contributed by atoms with Gasteiger partial charge >= 0.3 is 5.51 Å².